The Hall–Kier alpha value is -4.84. The van der Waals surface area contributed by atoms with Crippen molar-refractivity contribution in [1.29, 1.82) is 0 Å². The van der Waals surface area contributed by atoms with Crippen molar-refractivity contribution in [2.45, 2.75) is 26.9 Å². The summed E-state index contributed by atoms with van der Waals surface area (Å²) in [6, 6.07) is 20.5. The Morgan fingerprint density at radius 3 is 1.45 bits per heavy atom. The highest BCUT2D eigenvalue weighted by molar-refractivity contribution is 5.77. The number of fused-ring (bicyclic) bond motifs is 2. The van der Waals surface area contributed by atoms with Gasteiger partial charge in [-0.05, 0) is 49.2 Å². The summed E-state index contributed by atoms with van der Waals surface area (Å²) in [6.07, 6.45) is 15.7. The molecule has 0 fully saturated rings. The molecule has 0 N–H and O–H groups in total. The smallest absolute Gasteiger partial charge is 0.219 e. The zero-order valence-electron chi connectivity index (χ0n) is 21.4. The maximum atomic E-state index is 5.99. The zero-order chi connectivity index (χ0) is 25.9. The molecular weight excluding hydrogens is 472 g/mol. The Kier molecular flexibility index (Phi) is 6.36. The second kappa shape index (κ2) is 10.3. The number of pyridine rings is 2. The van der Waals surface area contributed by atoms with Crippen LogP contribution in [0.3, 0.4) is 0 Å². The van der Waals surface area contributed by atoms with Gasteiger partial charge in [0.2, 0.25) is 11.8 Å². The summed E-state index contributed by atoms with van der Waals surface area (Å²) in [6.45, 7) is 5.79. The topological polar surface area (TPSA) is 59.8 Å². The third kappa shape index (κ3) is 5.15. The van der Waals surface area contributed by atoms with Crippen LogP contribution in [0.4, 0.5) is 0 Å². The van der Waals surface area contributed by atoms with Gasteiger partial charge in [-0.1, -0.05) is 24.3 Å². The predicted molar refractivity (Wildman–Crippen MR) is 147 cm³/mol. The minimum Gasteiger partial charge on any atom is -0.437 e. The average Bonchev–Trinajstić information content (AvgIpc) is 3.50. The van der Waals surface area contributed by atoms with Gasteiger partial charge in [0.25, 0.3) is 0 Å². The van der Waals surface area contributed by atoms with Crippen molar-refractivity contribution in [3.63, 3.8) is 0 Å². The van der Waals surface area contributed by atoms with Gasteiger partial charge in [-0.2, -0.15) is 0 Å². The second-order valence-corrected chi connectivity index (χ2v) is 9.41. The highest BCUT2D eigenvalue weighted by Gasteiger charge is 2.12. The quantitative estimate of drug-likeness (QED) is 0.200. The maximum Gasteiger partial charge on any atom is 0.219 e. The van der Waals surface area contributed by atoms with Crippen molar-refractivity contribution in [1.82, 2.24) is 9.97 Å². The van der Waals surface area contributed by atoms with Gasteiger partial charge in [0.1, 0.15) is 11.0 Å². The van der Waals surface area contributed by atoms with Crippen LogP contribution in [0.5, 0.6) is 0 Å². The van der Waals surface area contributed by atoms with Crippen LogP contribution in [0.1, 0.15) is 34.0 Å². The minimum atomic E-state index is 0.560. The first-order valence-electron chi connectivity index (χ1n) is 12.6. The van der Waals surface area contributed by atoms with E-state index in [1.54, 1.807) is 0 Å². The van der Waals surface area contributed by atoms with Gasteiger partial charge >= 0.3 is 0 Å². The fourth-order valence-electron chi connectivity index (χ4n) is 4.51. The van der Waals surface area contributed by atoms with Crippen LogP contribution in [0.25, 0.3) is 34.4 Å². The summed E-state index contributed by atoms with van der Waals surface area (Å²) in [5.41, 5.74) is 8.06. The van der Waals surface area contributed by atoms with E-state index in [1.807, 2.05) is 60.7 Å². The van der Waals surface area contributed by atoms with E-state index >= 15 is 0 Å². The summed E-state index contributed by atoms with van der Waals surface area (Å²) in [5.74, 6) is 1.12. The fraction of sp³-hybridized carbons (Fsp3) is 0.125. The molecule has 6 nitrogen and oxygen atoms in total. The standard InChI is InChI=1S/C32H28N4O2/c1-23-17-27-29(19-25(23)21-35-13-7-3-8-14-35)37-31(33-27)11-5-6-12-32-34-28-18-24(2)26(20-30(28)38-32)22-36-15-9-4-10-16-36/h3-20H,21-22H2,1-2H3/q+2/b11-5+,12-6+. The van der Waals surface area contributed by atoms with Gasteiger partial charge in [-0.15, -0.1) is 0 Å². The molecule has 2 aromatic carbocycles. The van der Waals surface area contributed by atoms with Gasteiger partial charge < -0.3 is 8.83 Å². The number of hydrogen-bond acceptors (Lipinski definition) is 4. The Morgan fingerprint density at radius 1 is 0.605 bits per heavy atom. The summed E-state index contributed by atoms with van der Waals surface area (Å²) in [5, 5.41) is 0. The lowest BCUT2D eigenvalue weighted by Gasteiger charge is -2.02. The molecule has 0 saturated heterocycles. The third-order valence-corrected chi connectivity index (χ3v) is 6.57. The normalized spacial score (nSPS) is 11.9. The first-order valence-corrected chi connectivity index (χ1v) is 12.6. The van der Waals surface area contributed by atoms with Crippen molar-refractivity contribution in [2.24, 2.45) is 0 Å². The monoisotopic (exact) mass is 500 g/mol. The number of aryl methyl sites for hydroxylation is 2. The van der Waals surface area contributed by atoms with Crippen LogP contribution < -0.4 is 9.13 Å². The largest absolute Gasteiger partial charge is 0.437 e. The number of nitrogens with zero attached hydrogens (tertiary/aromatic N) is 4. The number of aromatic nitrogens is 4. The fourth-order valence-corrected chi connectivity index (χ4v) is 4.51. The van der Waals surface area contributed by atoms with Gasteiger partial charge in [0.15, 0.2) is 49.0 Å². The van der Waals surface area contributed by atoms with E-state index in [0.29, 0.717) is 11.8 Å². The molecule has 0 aliphatic heterocycles. The molecule has 0 atom stereocenters. The molecule has 6 aromatic rings. The summed E-state index contributed by atoms with van der Waals surface area (Å²) in [4.78, 5) is 9.24. The molecule has 0 radical (unpaired) electrons. The van der Waals surface area contributed by atoms with Crippen molar-refractivity contribution < 1.29 is 18.0 Å². The maximum absolute atomic E-state index is 5.99. The Bertz CT molecular complexity index is 1650. The second-order valence-electron chi connectivity index (χ2n) is 9.41. The van der Waals surface area contributed by atoms with Crippen LogP contribution in [-0.2, 0) is 13.1 Å². The highest BCUT2D eigenvalue weighted by Crippen LogP contribution is 2.23. The van der Waals surface area contributed by atoms with Crippen LogP contribution in [0.15, 0.2) is 106 Å². The number of rotatable bonds is 7. The molecule has 6 heteroatoms. The van der Waals surface area contributed by atoms with Crippen LogP contribution in [0.2, 0.25) is 0 Å². The first kappa shape index (κ1) is 23.6. The van der Waals surface area contributed by atoms with Crippen LogP contribution in [-0.4, -0.2) is 9.97 Å². The summed E-state index contributed by atoms with van der Waals surface area (Å²) < 4.78 is 16.3. The van der Waals surface area contributed by atoms with E-state index < -0.39 is 0 Å². The molecule has 0 saturated carbocycles. The van der Waals surface area contributed by atoms with Crippen LogP contribution in [0, 0.1) is 13.8 Å². The Balaban J connectivity index is 1.17. The molecule has 0 aliphatic carbocycles. The number of hydrogen-bond donors (Lipinski definition) is 0. The Morgan fingerprint density at radius 2 is 1.03 bits per heavy atom. The molecule has 0 aliphatic rings. The van der Waals surface area contributed by atoms with Crippen molar-refractivity contribution >= 4 is 34.4 Å². The van der Waals surface area contributed by atoms with Gasteiger partial charge in [0, 0.05) is 47.5 Å². The lowest BCUT2D eigenvalue weighted by molar-refractivity contribution is -0.688. The van der Waals surface area contributed by atoms with Crippen molar-refractivity contribution in [3.8, 4) is 0 Å². The number of allylic oxidation sites excluding steroid dienone is 2. The van der Waals surface area contributed by atoms with E-state index in [0.717, 1.165) is 35.3 Å². The van der Waals surface area contributed by atoms with E-state index in [1.165, 1.54) is 22.3 Å². The highest BCUT2D eigenvalue weighted by atomic mass is 16.4. The first-order chi connectivity index (χ1) is 18.6. The Labute approximate surface area is 220 Å². The molecule has 6 rings (SSSR count). The third-order valence-electron chi connectivity index (χ3n) is 6.57. The van der Waals surface area contributed by atoms with E-state index in [4.69, 9.17) is 8.83 Å². The average molecular weight is 501 g/mol. The van der Waals surface area contributed by atoms with Crippen LogP contribution >= 0.6 is 0 Å². The molecule has 0 unspecified atom stereocenters. The minimum absolute atomic E-state index is 0.560. The van der Waals surface area contributed by atoms with Crippen molar-refractivity contribution in [3.05, 3.63) is 132 Å². The lowest BCUT2D eigenvalue weighted by Crippen LogP contribution is -2.33. The van der Waals surface area contributed by atoms with E-state index in [2.05, 4.69) is 82.0 Å². The summed E-state index contributed by atoms with van der Waals surface area (Å²) >= 11 is 0. The van der Waals surface area contributed by atoms with E-state index in [9.17, 15) is 0 Å². The molecule has 4 aromatic heterocycles. The lowest BCUT2D eigenvalue weighted by atomic mass is 10.1. The number of oxazole rings is 2. The van der Waals surface area contributed by atoms with Gasteiger partial charge in [0.05, 0.1) is 0 Å². The molecule has 0 bridgehead atoms. The predicted octanol–water partition coefficient (Wildman–Crippen LogP) is 5.98. The van der Waals surface area contributed by atoms with Gasteiger partial charge in [-0.25, -0.2) is 19.1 Å². The van der Waals surface area contributed by atoms with E-state index in [-0.39, 0.29) is 0 Å². The molecule has 186 valence electrons. The molecule has 0 amide bonds. The summed E-state index contributed by atoms with van der Waals surface area (Å²) in [7, 11) is 0. The number of benzene rings is 2. The molecule has 38 heavy (non-hydrogen) atoms. The SMILES string of the molecule is Cc1cc2nc(/C=C/C=C/c3nc4cc(C)c(C[n+]5ccccc5)cc4o3)oc2cc1C[n+]1ccccc1. The molecule has 4 heterocycles. The molecule has 0 spiro atoms. The van der Waals surface area contributed by atoms with Gasteiger partial charge in [-0.3, -0.25) is 0 Å². The van der Waals surface area contributed by atoms with Crippen molar-refractivity contribution in [2.75, 3.05) is 0 Å². The zero-order valence-corrected chi connectivity index (χ0v) is 21.4. The molecular formula is C32H28N4O2+2.